The van der Waals surface area contributed by atoms with Crippen molar-refractivity contribution in [2.75, 3.05) is 7.11 Å². The van der Waals surface area contributed by atoms with Crippen molar-refractivity contribution < 1.29 is 4.74 Å². The molecular weight excluding hydrogens is 334 g/mol. The topological polar surface area (TPSA) is 65.7 Å². The minimum Gasteiger partial charge on any atom is -0.497 e. The first-order valence-corrected chi connectivity index (χ1v) is 8.62. The number of nitrogens with zero attached hydrogens (tertiary/aromatic N) is 5. The van der Waals surface area contributed by atoms with Crippen molar-refractivity contribution in [3.63, 3.8) is 0 Å². The third kappa shape index (κ3) is 3.41. The lowest BCUT2D eigenvalue weighted by molar-refractivity contribution is 0.415. The summed E-state index contributed by atoms with van der Waals surface area (Å²) in [4.78, 5) is 6.23. The van der Waals surface area contributed by atoms with Crippen LogP contribution in [-0.2, 0) is 6.54 Å². The van der Waals surface area contributed by atoms with Crippen LogP contribution in [0.3, 0.4) is 0 Å². The van der Waals surface area contributed by atoms with Crippen molar-refractivity contribution in [1.29, 1.82) is 0 Å². The molecule has 0 aliphatic heterocycles. The van der Waals surface area contributed by atoms with Crippen LogP contribution in [0, 0.1) is 0 Å². The summed E-state index contributed by atoms with van der Waals surface area (Å²) in [5.74, 6) is 1.45. The van der Waals surface area contributed by atoms with E-state index < -0.39 is 0 Å². The Labute approximate surface area is 148 Å². The normalized spacial score (nSPS) is 10.8. The molecule has 7 heteroatoms. The van der Waals surface area contributed by atoms with Gasteiger partial charge < -0.3 is 4.74 Å². The summed E-state index contributed by atoms with van der Waals surface area (Å²) >= 11 is 1.60. The van der Waals surface area contributed by atoms with E-state index in [0.29, 0.717) is 12.4 Å². The van der Waals surface area contributed by atoms with Crippen LogP contribution in [0.2, 0.25) is 0 Å². The minimum atomic E-state index is 0.493. The molecule has 0 saturated carbocycles. The maximum atomic E-state index is 5.18. The van der Waals surface area contributed by atoms with Gasteiger partial charge in [0.2, 0.25) is 5.82 Å². The summed E-state index contributed by atoms with van der Waals surface area (Å²) in [6, 6.07) is 17.7. The molecule has 0 aliphatic carbocycles. The number of rotatable bonds is 5. The molecule has 0 amide bonds. The lowest BCUT2D eigenvalue weighted by Gasteiger charge is -2.00. The predicted molar refractivity (Wildman–Crippen MR) is 96.5 cm³/mol. The Morgan fingerprint density at radius 2 is 1.80 bits per heavy atom. The Bertz CT molecular complexity index is 963. The van der Waals surface area contributed by atoms with Crippen molar-refractivity contribution >= 4 is 11.3 Å². The Kier molecular flexibility index (Phi) is 4.22. The number of hydrogen-bond donors (Lipinski definition) is 0. The Hall–Kier alpha value is -3.06. The fourth-order valence-corrected chi connectivity index (χ4v) is 3.22. The third-order valence-electron chi connectivity index (χ3n) is 3.68. The van der Waals surface area contributed by atoms with Gasteiger partial charge in [-0.25, -0.2) is 4.98 Å². The van der Waals surface area contributed by atoms with Gasteiger partial charge in [0, 0.05) is 16.5 Å². The molecule has 2 aromatic carbocycles. The summed E-state index contributed by atoms with van der Waals surface area (Å²) in [7, 11) is 1.66. The van der Waals surface area contributed by atoms with E-state index in [-0.39, 0.29) is 0 Å². The van der Waals surface area contributed by atoms with E-state index in [1.54, 1.807) is 23.2 Å². The highest BCUT2D eigenvalue weighted by atomic mass is 32.1. The molecule has 0 atom stereocenters. The molecule has 0 fully saturated rings. The fraction of sp³-hybridized carbons (Fsp3) is 0.111. The molecule has 0 saturated heterocycles. The summed E-state index contributed by atoms with van der Waals surface area (Å²) in [6.07, 6.45) is 0. The van der Waals surface area contributed by atoms with Crippen molar-refractivity contribution in [2.45, 2.75) is 6.54 Å². The van der Waals surface area contributed by atoms with Gasteiger partial charge >= 0.3 is 0 Å². The van der Waals surface area contributed by atoms with Crippen LogP contribution in [-0.4, -0.2) is 32.3 Å². The number of hydrogen-bond acceptors (Lipinski definition) is 6. The molecule has 0 unspecified atom stereocenters. The lowest BCUT2D eigenvalue weighted by Crippen LogP contribution is -2.04. The fourth-order valence-electron chi connectivity index (χ4n) is 2.40. The van der Waals surface area contributed by atoms with Crippen LogP contribution in [0.15, 0.2) is 60.0 Å². The molecule has 0 aliphatic rings. The van der Waals surface area contributed by atoms with E-state index in [4.69, 9.17) is 4.74 Å². The highest BCUT2D eigenvalue weighted by Gasteiger charge is 2.09. The van der Waals surface area contributed by atoms with Gasteiger partial charge in [0.25, 0.3) is 0 Å². The van der Waals surface area contributed by atoms with E-state index in [2.05, 4.69) is 20.4 Å². The van der Waals surface area contributed by atoms with Crippen LogP contribution >= 0.6 is 11.3 Å². The van der Waals surface area contributed by atoms with Gasteiger partial charge in [-0.2, -0.15) is 4.80 Å². The summed E-state index contributed by atoms with van der Waals surface area (Å²) in [5, 5.41) is 15.6. The van der Waals surface area contributed by atoms with Gasteiger partial charge in [0.05, 0.1) is 12.8 Å². The number of tetrazole rings is 1. The molecule has 0 bridgehead atoms. The molecule has 6 nitrogen and oxygen atoms in total. The van der Waals surface area contributed by atoms with E-state index in [9.17, 15) is 0 Å². The van der Waals surface area contributed by atoms with Crippen LogP contribution < -0.4 is 4.74 Å². The molecule has 2 heterocycles. The SMILES string of the molecule is COc1ccc(-c2nc(Cn3nnc(-c4ccccc4)n3)cs2)cc1. The van der Waals surface area contributed by atoms with Crippen molar-refractivity contribution in [3.8, 4) is 27.7 Å². The molecule has 2 aromatic heterocycles. The van der Waals surface area contributed by atoms with Crippen LogP contribution in [0.4, 0.5) is 0 Å². The molecule has 124 valence electrons. The zero-order chi connectivity index (χ0) is 17.1. The first-order chi connectivity index (χ1) is 12.3. The maximum absolute atomic E-state index is 5.18. The third-order valence-corrected chi connectivity index (χ3v) is 4.62. The molecule has 4 aromatic rings. The average Bonchev–Trinajstić information content (AvgIpc) is 3.33. The number of benzene rings is 2. The molecule has 25 heavy (non-hydrogen) atoms. The summed E-state index contributed by atoms with van der Waals surface area (Å²) in [5.41, 5.74) is 2.92. The van der Waals surface area contributed by atoms with Crippen LogP contribution in [0.25, 0.3) is 22.0 Å². The van der Waals surface area contributed by atoms with Gasteiger partial charge in [-0.05, 0) is 29.5 Å². The van der Waals surface area contributed by atoms with E-state index in [1.807, 2.05) is 60.0 Å². The quantitative estimate of drug-likeness (QED) is 0.551. The van der Waals surface area contributed by atoms with Crippen molar-refractivity contribution in [1.82, 2.24) is 25.2 Å². The zero-order valence-corrected chi connectivity index (χ0v) is 14.3. The van der Waals surface area contributed by atoms with Crippen LogP contribution in [0.1, 0.15) is 5.69 Å². The minimum absolute atomic E-state index is 0.493. The van der Waals surface area contributed by atoms with E-state index in [0.717, 1.165) is 27.6 Å². The van der Waals surface area contributed by atoms with Crippen LogP contribution in [0.5, 0.6) is 5.75 Å². The largest absolute Gasteiger partial charge is 0.497 e. The number of thiazole rings is 1. The molecule has 4 rings (SSSR count). The average molecular weight is 349 g/mol. The number of methoxy groups -OCH3 is 1. The summed E-state index contributed by atoms with van der Waals surface area (Å²) in [6.45, 7) is 0.493. The monoisotopic (exact) mass is 349 g/mol. The van der Waals surface area contributed by atoms with Gasteiger partial charge in [-0.1, -0.05) is 30.3 Å². The molecule has 0 spiro atoms. The van der Waals surface area contributed by atoms with Crippen molar-refractivity contribution in [2.24, 2.45) is 0 Å². The number of ether oxygens (including phenoxy) is 1. The van der Waals surface area contributed by atoms with Gasteiger partial charge in [-0.3, -0.25) is 0 Å². The van der Waals surface area contributed by atoms with E-state index >= 15 is 0 Å². The second kappa shape index (κ2) is 6.82. The molecule has 0 radical (unpaired) electrons. The van der Waals surface area contributed by atoms with Gasteiger partial charge in [0.1, 0.15) is 17.3 Å². The Morgan fingerprint density at radius 3 is 2.56 bits per heavy atom. The van der Waals surface area contributed by atoms with E-state index in [1.165, 1.54) is 0 Å². The predicted octanol–water partition coefficient (Wildman–Crippen LogP) is 3.52. The highest BCUT2D eigenvalue weighted by molar-refractivity contribution is 7.13. The number of aromatic nitrogens is 5. The Balaban J connectivity index is 1.50. The standard InChI is InChI=1S/C18H15N5OS/c1-24-16-9-7-14(8-10-16)18-19-15(12-25-18)11-23-21-17(20-22-23)13-5-3-2-4-6-13/h2-10,12H,11H2,1H3. The van der Waals surface area contributed by atoms with Gasteiger partial charge in [-0.15, -0.1) is 21.5 Å². The molecule has 0 N–H and O–H groups in total. The van der Waals surface area contributed by atoms with Crippen molar-refractivity contribution in [3.05, 3.63) is 65.7 Å². The zero-order valence-electron chi connectivity index (χ0n) is 13.5. The Morgan fingerprint density at radius 1 is 1.00 bits per heavy atom. The first-order valence-electron chi connectivity index (χ1n) is 7.74. The molecular formula is C18H15N5OS. The highest BCUT2D eigenvalue weighted by Crippen LogP contribution is 2.26. The smallest absolute Gasteiger partial charge is 0.204 e. The second-order valence-corrected chi connectivity index (χ2v) is 6.24. The lowest BCUT2D eigenvalue weighted by atomic mass is 10.2. The second-order valence-electron chi connectivity index (χ2n) is 5.38. The first kappa shape index (κ1) is 15.5. The van der Waals surface area contributed by atoms with Gasteiger partial charge in [0.15, 0.2) is 0 Å². The maximum Gasteiger partial charge on any atom is 0.204 e. The summed E-state index contributed by atoms with van der Waals surface area (Å²) < 4.78 is 5.18.